The van der Waals surface area contributed by atoms with E-state index in [1.807, 2.05) is 0 Å². The minimum atomic E-state index is -2.17. The van der Waals surface area contributed by atoms with Crippen LogP contribution in [0.4, 0.5) is 0 Å². The lowest BCUT2D eigenvalue weighted by atomic mass is 10.3. The van der Waals surface area contributed by atoms with Crippen LogP contribution in [0.25, 0.3) is 0 Å². The summed E-state index contributed by atoms with van der Waals surface area (Å²) in [6.07, 6.45) is 0. The Hall–Kier alpha value is -0.135. The average molecular weight is 162 g/mol. The van der Waals surface area contributed by atoms with E-state index in [0.29, 0.717) is 0 Å². The average Bonchev–Trinajstić information content (AvgIpc) is 1.87. The van der Waals surface area contributed by atoms with E-state index < -0.39 is 7.32 Å². The predicted molar refractivity (Wildman–Crippen MR) is 42.8 cm³/mol. The molecule has 0 atom stereocenters. The van der Waals surface area contributed by atoms with E-state index in [2.05, 4.69) is 17.3 Å². The maximum absolute atomic E-state index is 7.17. The molecule has 4 N–H and O–H groups in total. The summed E-state index contributed by atoms with van der Waals surface area (Å²) in [5.41, 5.74) is 0. The smallest absolute Gasteiger partial charge is 0.402 e. The van der Waals surface area contributed by atoms with Gasteiger partial charge in [0.1, 0.15) is 0 Å². The molecular formula is C5H15BN2O3. The van der Waals surface area contributed by atoms with Gasteiger partial charge in [-0.2, -0.15) is 0 Å². The lowest BCUT2D eigenvalue weighted by Crippen LogP contribution is -2.40. The second-order valence-corrected chi connectivity index (χ2v) is 2.40. The summed E-state index contributed by atoms with van der Waals surface area (Å²) in [6.45, 7) is 4.74. The zero-order chi connectivity index (χ0) is 8.69. The first-order valence-electron chi connectivity index (χ1n) is 3.56. The van der Waals surface area contributed by atoms with Crippen molar-refractivity contribution < 1.29 is 15.1 Å². The van der Waals surface area contributed by atoms with Crippen LogP contribution >= 0.6 is 0 Å². The van der Waals surface area contributed by atoms with E-state index in [1.54, 1.807) is 0 Å². The van der Waals surface area contributed by atoms with E-state index in [0.717, 1.165) is 13.1 Å². The van der Waals surface area contributed by atoms with Gasteiger partial charge in [-0.1, -0.05) is 0 Å². The number of hydrogen-bond donors (Lipinski definition) is 4. The maximum atomic E-state index is 7.17. The lowest BCUT2D eigenvalue weighted by molar-refractivity contribution is 0.278. The molecule has 0 spiro atoms. The minimum Gasteiger partial charge on any atom is -0.402 e. The highest BCUT2D eigenvalue weighted by molar-refractivity contribution is 6.30. The third-order valence-corrected chi connectivity index (χ3v) is 1.34. The molecule has 1 fully saturated rings. The van der Waals surface area contributed by atoms with E-state index in [-0.39, 0.29) is 0 Å². The van der Waals surface area contributed by atoms with Crippen molar-refractivity contribution in [2.45, 2.75) is 0 Å². The van der Waals surface area contributed by atoms with Gasteiger partial charge in [-0.15, -0.1) is 0 Å². The van der Waals surface area contributed by atoms with Crippen LogP contribution in [0.3, 0.4) is 0 Å². The summed E-state index contributed by atoms with van der Waals surface area (Å²) < 4.78 is 0. The summed E-state index contributed by atoms with van der Waals surface area (Å²) in [4.78, 5) is 2.33. The molecule has 0 saturated carbocycles. The number of nitrogens with zero attached hydrogens (tertiary/aromatic N) is 1. The van der Waals surface area contributed by atoms with E-state index in [9.17, 15) is 0 Å². The number of piperazine rings is 1. The van der Waals surface area contributed by atoms with Gasteiger partial charge in [0.05, 0.1) is 0 Å². The molecule has 66 valence electrons. The normalized spacial score (nSPS) is 18.5. The number of nitrogens with one attached hydrogen (secondary N) is 1. The van der Waals surface area contributed by atoms with Crippen LogP contribution < -0.4 is 5.32 Å². The van der Waals surface area contributed by atoms with Crippen molar-refractivity contribution in [2.75, 3.05) is 33.2 Å². The van der Waals surface area contributed by atoms with E-state index in [4.69, 9.17) is 15.1 Å². The molecule has 0 amide bonds. The molecule has 0 unspecified atom stereocenters. The fourth-order valence-electron chi connectivity index (χ4n) is 0.777. The van der Waals surface area contributed by atoms with Crippen molar-refractivity contribution in [1.29, 1.82) is 0 Å². The molecule has 5 nitrogen and oxygen atoms in total. The van der Waals surface area contributed by atoms with Gasteiger partial charge in [-0.3, -0.25) is 0 Å². The topological polar surface area (TPSA) is 76.0 Å². The standard InChI is InChI=1S/C5H12N2.BH3O3/c1-7-4-2-6-3-5-7;2-1(3)4/h6H,2-5H2,1H3;2-4H. The number of rotatable bonds is 0. The van der Waals surface area contributed by atoms with Crippen LogP contribution in [-0.4, -0.2) is 60.5 Å². The first-order chi connectivity index (χ1) is 5.13. The first kappa shape index (κ1) is 10.9. The second-order valence-electron chi connectivity index (χ2n) is 2.40. The largest absolute Gasteiger partial charge is 0.631 e. The molecular weight excluding hydrogens is 147 g/mol. The van der Waals surface area contributed by atoms with Crippen molar-refractivity contribution in [3.63, 3.8) is 0 Å². The Morgan fingerprint density at radius 2 is 1.55 bits per heavy atom. The van der Waals surface area contributed by atoms with Crippen LogP contribution in [0.5, 0.6) is 0 Å². The fraction of sp³-hybridized carbons (Fsp3) is 1.00. The molecule has 0 radical (unpaired) electrons. The molecule has 0 aromatic rings. The van der Waals surface area contributed by atoms with Crippen molar-refractivity contribution in [1.82, 2.24) is 10.2 Å². The van der Waals surface area contributed by atoms with Crippen molar-refractivity contribution >= 4 is 7.32 Å². The van der Waals surface area contributed by atoms with Crippen LogP contribution in [0.1, 0.15) is 0 Å². The molecule has 0 aromatic heterocycles. The van der Waals surface area contributed by atoms with Gasteiger partial charge < -0.3 is 25.3 Å². The summed E-state index contributed by atoms with van der Waals surface area (Å²) in [5.74, 6) is 0. The molecule has 1 rings (SSSR count). The predicted octanol–water partition coefficient (Wildman–Crippen LogP) is -2.53. The summed E-state index contributed by atoms with van der Waals surface area (Å²) >= 11 is 0. The summed E-state index contributed by atoms with van der Waals surface area (Å²) in [7, 11) is -0.0131. The van der Waals surface area contributed by atoms with Crippen molar-refractivity contribution in [2.24, 2.45) is 0 Å². The van der Waals surface area contributed by atoms with Gasteiger partial charge in [0, 0.05) is 26.2 Å². The van der Waals surface area contributed by atoms with Crippen LogP contribution in [0, 0.1) is 0 Å². The quantitative estimate of drug-likeness (QED) is 0.295. The Bertz CT molecular complexity index is 85.0. The van der Waals surface area contributed by atoms with E-state index in [1.165, 1.54) is 13.1 Å². The highest BCUT2D eigenvalue weighted by atomic mass is 16.5. The maximum Gasteiger partial charge on any atom is 0.631 e. The zero-order valence-electron chi connectivity index (χ0n) is 6.69. The second kappa shape index (κ2) is 6.57. The van der Waals surface area contributed by atoms with Crippen molar-refractivity contribution in [3.8, 4) is 0 Å². The number of hydrogen-bond acceptors (Lipinski definition) is 5. The molecule has 0 aromatic carbocycles. The monoisotopic (exact) mass is 162 g/mol. The summed E-state index contributed by atoms with van der Waals surface area (Å²) in [6, 6.07) is 0. The van der Waals surface area contributed by atoms with Crippen LogP contribution in [-0.2, 0) is 0 Å². The Morgan fingerprint density at radius 3 is 1.73 bits per heavy atom. The molecule has 0 bridgehead atoms. The Kier molecular flexibility index (Phi) is 6.49. The SMILES string of the molecule is CN1CCNCC1.OB(O)O. The van der Waals surface area contributed by atoms with Gasteiger partial charge in [-0.25, -0.2) is 0 Å². The van der Waals surface area contributed by atoms with Crippen LogP contribution in [0.15, 0.2) is 0 Å². The van der Waals surface area contributed by atoms with E-state index >= 15 is 0 Å². The third kappa shape index (κ3) is 9.86. The Labute approximate surface area is 66.8 Å². The highest BCUT2D eigenvalue weighted by Gasteiger charge is 2.01. The minimum absolute atomic E-state index is 1.16. The van der Waals surface area contributed by atoms with Gasteiger partial charge in [-0.05, 0) is 7.05 Å². The Balaban J connectivity index is 0.000000218. The number of likely N-dealkylation sites (N-methyl/N-ethyl adjacent to an activating group) is 1. The Morgan fingerprint density at radius 1 is 1.18 bits per heavy atom. The fourth-order valence-corrected chi connectivity index (χ4v) is 0.777. The highest BCUT2D eigenvalue weighted by Crippen LogP contribution is 1.82. The van der Waals surface area contributed by atoms with Gasteiger partial charge >= 0.3 is 7.32 Å². The van der Waals surface area contributed by atoms with Crippen molar-refractivity contribution in [3.05, 3.63) is 0 Å². The third-order valence-electron chi connectivity index (χ3n) is 1.34. The molecule has 1 saturated heterocycles. The lowest BCUT2D eigenvalue weighted by Gasteiger charge is -2.21. The van der Waals surface area contributed by atoms with Gasteiger partial charge in [0.25, 0.3) is 0 Å². The van der Waals surface area contributed by atoms with Gasteiger partial charge in [0.2, 0.25) is 0 Å². The molecule has 1 heterocycles. The zero-order valence-corrected chi connectivity index (χ0v) is 6.69. The molecule has 11 heavy (non-hydrogen) atoms. The molecule has 1 aliphatic rings. The first-order valence-corrected chi connectivity index (χ1v) is 3.56. The van der Waals surface area contributed by atoms with Gasteiger partial charge in [0.15, 0.2) is 0 Å². The summed E-state index contributed by atoms with van der Waals surface area (Å²) in [5, 5.41) is 24.8. The van der Waals surface area contributed by atoms with Crippen LogP contribution in [0.2, 0.25) is 0 Å². The molecule has 1 aliphatic heterocycles. The molecule has 6 heteroatoms. The molecule has 0 aliphatic carbocycles.